The summed E-state index contributed by atoms with van der Waals surface area (Å²) in [6.45, 7) is 6.55. The topological polar surface area (TPSA) is 54.5 Å². The molecule has 4 heteroatoms. The van der Waals surface area contributed by atoms with Crippen molar-refractivity contribution in [1.82, 2.24) is 4.98 Å². The Bertz CT molecular complexity index is 327. The molecule has 1 heterocycles. The molecule has 1 N–H and O–H groups in total. The highest BCUT2D eigenvalue weighted by atomic mass is 16.4. The van der Waals surface area contributed by atoms with Gasteiger partial charge in [0.25, 0.3) is 5.82 Å². The quantitative estimate of drug-likeness (QED) is 0.611. The molecule has 0 aliphatic carbocycles. The number of hydrogen-bond acceptors (Lipinski definition) is 2. The number of nitrogens with zero attached hydrogens (tertiary/aromatic N) is 2. The molecular weight excluding hydrogens is 144 g/mol. The van der Waals surface area contributed by atoms with E-state index in [1.807, 2.05) is 0 Å². The van der Waals surface area contributed by atoms with E-state index in [2.05, 4.69) is 9.83 Å². The van der Waals surface area contributed by atoms with Crippen LogP contribution in [-0.2, 0) is 0 Å². The molecule has 0 saturated heterocycles. The van der Waals surface area contributed by atoms with Crippen LogP contribution in [0, 0.1) is 6.57 Å². The number of aromatic nitrogens is 1. The molecule has 0 aliphatic heterocycles. The lowest BCUT2D eigenvalue weighted by Crippen LogP contribution is -1.94. The van der Waals surface area contributed by atoms with Gasteiger partial charge in [0.05, 0.1) is 5.56 Å². The molecule has 1 aromatic heterocycles. The van der Waals surface area contributed by atoms with Crippen LogP contribution in [0.3, 0.4) is 0 Å². The molecule has 0 aliphatic rings. The van der Waals surface area contributed by atoms with Crippen LogP contribution in [0.2, 0.25) is 0 Å². The largest absolute Gasteiger partial charge is 0.478 e. The van der Waals surface area contributed by atoms with E-state index in [1.54, 1.807) is 0 Å². The average Bonchev–Trinajstić information content (AvgIpc) is 2.05. The molecule has 0 bridgehead atoms. The van der Waals surface area contributed by atoms with Gasteiger partial charge in [-0.05, 0) is 12.1 Å². The van der Waals surface area contributed by atoms with Gasteiger partial charge in [-0.2, -0.15) is 0 Å². The third kappa shape index (κ3) is 1.52. The Labute approximate surface area is 62.9 Å². The fraction of sp³-hybridized carbons (Fsp3) is 0. The minimum Gasteiger partial charge on any atom is -0.478 e. The summed E-state index contributed by atoms with van der Waals surface area (Å²) in [5, 5.41) is 8.47. The maximum absolute atomic E-state index is 10.3. The molecule has 4 nitrogen and oxygen atoms in total. The van der Waals surface area contributed by atoms with Crippen molar-refractivity contribution < 1.29 is 9.90 Å². The molecule has 0 unspecified atom stereocenters. The summed E-state index contributed by atoms with van der Waals surface area (Å²) < 4.78 is 0. The Hall–Kier alpha value is -1.89. The maximum atomic E-state index is 10.3. The van der Waals surface area contributed by atoms with Gasteiger partial charge in [-0.25, -0.2) is 4.79 Å². The van der Waals surface area contributed by atoms with Crippen molar-refractivity contribution in [2.45, 2.75) is 0 Å². The van der Waals surface area contributed by atoms with Crippen LogP contribution in [0.5, 0.6) is 0 Å². The van der Waals surface area contributed by atoms with Gasteiger partial charge in [-0.3, -0.25) is 0 Å². The standard InChI is InChI=1S/C7H4N2O2/c1-8-6-4-5(7(10)11)2-3-9-6/h2-4H,(H,10,11). The number of carbonyl (C=O) groups is 1. The molecule has 11 heavy (non-hydrogen) atoms. The molecule has 0 amide bonds. The van der Waals surface area contributed by atoms with Crippen molar-refractivity contribution >= 4 is 11.8 Å². The lowest BCUT2D eigenvalue weighted by Gasteiger charge is -1.90. The van der Waals surface area contributed by atoms with Crippen LogP contribution in [0.1, 0.15) is 10.4 Å². The van der Waals surface area contributed by atoms with Gasteiger partial charge < -0.3 is 9.95 Å². The van der Waals surface area contributed by atoms with Crippen LogP contribution in [0.4, 0.5) is 5.82 Å². The lowest BCUT2D eigenvalue weighted by molar-refractivity contribution is 0.0697. The zero-order valence-corrected chi connectivity index (χ0v) is 5.48. The van der Waals surface area contributed by atoms with Gasteiger partial charge in [0.2, 0.25) is 0 Å². The Kier molecular flexibility index (Phi) is 1.83. The molecule has 54 valence electrons. The average molecular weight is 148 g/mol. The minimum atomic E-state index is -1.04. The van der Waals surface area contributed by atoms with E-state index in [9.17, 15) is 4.79 Å². The third-order valence-electron chi connectivity index (χ3n) is 1.11. The van der Waals surface area contributed by atoms with Crippen LogP contribution < -0.4 is 0 Å². The molecule has 1 aromatic rings. The van der Waals surface area contributed by atoms with E-state index >= 15 is 0 Å². The molecule has 1 rings (SSSR count). The van der Waals surface area contributed by atoms with Crippen LogP contribution in [0.25, 0.3) is 4.85 Å². The third-order valence-corrected chi connectivity index (χ3v) is 1.11. The molecule has 0 fully saturated rings. The van der Waals surface area contributed by atoms with E-state index in [0.717, 1.165) is 0 Å². The molecular formula is C7H4N2O2. The van der Waals surface area contributed by atoms with Crippen molar-refractivity contribution in [3.05, 3.63) is 35.3 Å². The predicted molar refractivity (Wildman–Crippen MR) is 37.5 cm³/mol. The Morgan fingerprint density at radius 2 is 2.45 bits per heavy atom. The van der Waals surface area contributed by atoms with Gasteiger partial charge in [-0.15, -0.1) is 4.98 Å². The first-order valence-corrected chi connectivity index (χ1v) is 2.81. The van der Waals surface area contributed by atoms with Gasteiger partial charge in [0.1, 0.15) is 6.20 Å². The summed E-state index contributed by atoms with van der Waals surface area (Å²) in [5.74, 6) is -0.942. The van der Waals surface area contributed by atoms with E-state index in [-0.39, 0.29) is 11.4 Å². The SMILES string of the molecule is [C-]#[N+]c1cc(C(=O)O)ccn1. The van der Waals surface area contributed by atoms with Crippen molar-refractivity contribution in [3.63, 3.8) is 0 Å². The first kappa shape index (κ1) is 7.22. The smallest absolute Gasteiger partial charge is 0.334 e. The summed E-state index contributed by atoms with van der Waals surface area (Å²) in [5.41, 5.74) is 0.0889. The van der Waals surface area contributed by atoms with Crippen molar-refractivity contribution in [3.8, 4) is 0 Å². The van der Waals surface area contributed by atoms with Crippen LogP contribution in [0.15, 0.2) is 18.3 Å². The monoisotopic (exact) mass is 148 g/mol. The number of carboxylic acids is 1. The normalized spacial score (nSPS) is 8.64. The van der Waals surface area contributed by atoms with Crippen molar-refractivity contribution in [2.24, 2.45) is 0 Å². The number of pyridine rings is 1. The molecule has 0 spiro atoms. The minimum absolute atomic E-state index is 0.0889. The van der Waals surface area contributed by atoms with Gasteiger partial charge >= 0.3 is 5.97 Å². The Balaban J connectivity index is 3.13. The van der Waals surface area contributed by atoms with E-state index in [0.29, 0.717) is 0 Å². The van der Waals surface area contributed by atoms with E-state index < -0.39 is 5.97 Å². The highest BCUT2D eigenvalue weighted by molar-refractivity contribution is 5.88. The highest BCUT2D eigenvalue weighted by Crippen LogP contribution is 2.08. The van der Waals surface area contributed by atoms with E-state index in [1.165, 1.54) is 18.3 Å². The van der Waals surface area contributed by atoms with Gasteiger partial charge in [-0.1, -0.05) is 6.57 Å². The number of aromatic carboxylic acids is 1. The Morgan fingerprint density at radius 3 is 3.00 bits per heavy atom. The summed E-state index contributed by atoms with van der Waals surface area (Å²) >= 11 is 0. The summed E-state index contributed by atoms with van der Waals surface area (Å²) in [6, 6.07) is 2.58. The zero-order valence-electron chi connectivity index (χ0n) is 5.48. The van der Waals surface area contributed by atoms with Crippen molar-refractivity contribution in [2.75, 3.05) is 0 Å². The second-order valence-electron chi connectivity index (χ2n) is 1.82. The number of rotatable bonds is 1. The van der Waals surface area contributed by atoms with Gasteiger partial charge in [0.15, 0.2) is 0 Å². The van der Waals surface area contributed by atoms with Crippen molar-refractivity contribution in [1.29, 1.82) is 0 Å². The number of carboxylic acid groups (broad SMARTS) is 1. The molecule has 0 aromatic carbocycles. The first-order chi connectivity index (χ1) is 5.24. The van der Waals surface area contributed by atoms with E-state index in [4.69, 9.17) is 11.7 Å². The summed E-state index contributed by atoms with van der Waals surface area (Å²) in [7, 11) is 0. The molecule has 0 radical (unpaired) electrons. The first-order valence-electron chi connectivity index (χ1n) is 2.81. The second-order valence-corrected chi connectivity index (χ2v) is 1.82. The van der Waals surface area contributed by atoms with Gasteiger partial charge in [0, 0.05) is 0 Å². The summed E-state index contributed by atoms with van der Waals surface area (Å²) in [6.07, 6.45) is 1.30. The second kappa shape index (κ2) is 2.80. The fourth-order valence-corrected chi connectivity index (χ4v) is 0.613. The maximum Gasteiger partial charge on any atom is 0.334 e. The molecule has 0 atom stereocenters. The van der Waals surface area contributed by atoms with Crippen LogP contribution >= 0.6 is 0 Å². The Morgan fingerprint density at radius 1 is 1.73 bits per heavy atom. The lowest BCUT2D eigenvalue weighted by atomic mass is 10.3. The predicted octanol–water partition coefficient (Wildman–Crippen LogP) is 1.33. The number of hydrogen-bond donors (Lipinski definition) is 1. The van der Waals surface area contributed by atoms with Crippen LogP contribution in [-0.4, -0.2) is 16.1 Å². The zero-order chi connectivity index (χ0) is 8.27. The fourth-order valence-electron chi connectivity index (χ4n) is 0.613. The molecule has 0 saturated carbocycles. The highest BCUT2D eigenvalue weighted by Gasteiger charge is 2.02. The summed E-state index contributed by atoms with van der Waals surface area (Å²) in [4.78, 5) is 17.0.